The maximum absolute atomic E-state index is 13.7. The summed E-state index contributed by atoms with van der Waals surface area (Å²) in [6.45, 7) is 5.67. The molecule has 39 heavy (non-hydrogen) atoms. The van der Waals surface area contributed by atoms with Gasteiger partial charge >= 0.3 is 0 Å². The number of sulfonamides is 1. The minimum Gasteiger partial charge on any atom is -0.309 e. The zero-order valence-electron chi connectivity index (χ0n) is 22.6. The lowest BCUT2D eigenvalue weighted by atomic mass is 10.2. The van der Waals surface area contributed by atoms with Crippen LogP contribution in [0.3, 0.4) is 0 Å². The molecular formula is C29H33ClN4O3S2. The number of halogens is 1. The van der Waals surface area contributed by atoms with Gasteiger partial charge in [0.05, 0.1) is 15.1 Å². The van der Waals surface area contributed by atoms with Crippen LogP contribution in [0.5, 0.6) is 0 Å². The number of aromatic nitrogens is 1. The van der Waals surface area contributed by atoms with E-state index in [0.717, 1.165) is 34.3 Å². The minimum atomic E-state index is -3.73. The Morgan fingerprint density at radius 1 is 1.00 bits per heavy atom. The predicted molar refractivity (Wildman–Crippen MR) is 160 cm³/mol. The minimum absolute atomic E-state index is 0.154. The summed E-state index contributed by atoms with van der Waals surface area (Å²) in [6, 6.07) is 19.4. The molecular weight excluding hydrogens is 552 g/mol. The Kier molecular flexibility index (Phi) is 9.40. The number of carbonyl (C=O) groups excluding carboxylic acids is 1. The van der Waals surface area contributed by atoms with E-state index in [2.05, 4.69) is 4.90 Å². The number of aryl methyl sites for hydroxylation is 1. The van der Waals surface area contributed by atoms with Crippen molar-refractivity contribution >= 4 is 54.2 Å². The Morgan fingerprint density at radius 2 is 1.69 bits per heavy atom. The van der Waals surface area contributed by atoms with Crippen LogP contribution in [-0.4, -0.2) is 62.2 Å². The Labute approximate surface area is 239 Å². The number of nitrogens with zero attached hydrogens (tertiary/aromatic N) is 4. The number of hydrogen-bond acceptors (Lipinski definition) is 6. The van der Waals surface area contributed by atoms with Crippen LogP contribution < -0.4 is 4.90 Å². The standard InChI is InChI=1S/C29H33ClN4O3S2/c1-5-33(20-22-10-7-6-8-11-22)39(36,37)25-14-12-23(13-15-25)28(35)34(17-9-16-32(3)4)29-31-27-21(2)18-24(30)19-26(27)38-29/h6-8,10-15,18-19H,5,9,16-17,20H2,1-4H3. The maximum atomic E-state index is 13.7. The number of carbonyl (C=O) groups is 1. The van der Waals surface area contributed by atoms with Gasteiger partial charge in [-0.2, -0.15) is 4.31 Å². The Balaban J connectivity index is 1.61. The Bertz CT molecular complexity index is 1540. The smallest absolute Gasteiger partial charge is 0.260 e. The Morgan fingerprint density at radius 3 is 2.33 bits per heavy atom. The van der Waals surface area contributed by atoms with Crippen molar-refractivity contribution in [2.24, 2.45) is 0 Å². The van der Waals surface area contributed by atoms with Crippen LogP contribution in [0.2, 0.25) is 5.02 Å². The van der Waals surface area contributed by atoms with E-state index >= 15 is 0 Å². The molecule has 0 bridgehead atoms. The number of rotatable bonds is 11. The molecule has 1 heterocycles. The fourth-order valence-corrected chi connectivity index (χ4v) is 7.20. The van der Waals surface area contributed by atoms with Gasteiger partial charge in [0.2, 0.25) is 10.0 Å². The Hall–Kier alpha value is -2.82. The molecule has 10 heteroatoms. The molecule has 0 aliphatic rings. The topological polar surface area (TPSA) is 73.8 Å². The largest absolute Gasteiger partial charge is 0.309 e. The number of benzene rings is 3. The summed E-state index contributed by atoms with van der Waals surface area (Å²) in [5.74, 6) is -0.225. The van der Waals surface area contributed by atoms with Gasteiger partial charge in [0, 0.05) is 30.2 Å². The number of fused-ring (bicyclic) bond motifs is 1. The second-order valence-electron chi connectivity index (χ2n) is 9.62. The molecule has 0 aliphatic carbocycles. The van der Waals surface area contributed by atoms with Gasteiger partial charge in [0.1, 0.15) is 0 Å². The molecule has 4 aromatic rings. The van der Waals surface area contributed by atoms with Gasteiger partial charge in [-0.3, -0.25) is 9.69 Å². The van der Waals surface area contributed by atoms with Crippen molar-refractivity contribution < 1.29 is 13.2 Å². The lowest BCUT2D eigenvalue weighted by Gasteiger charge is -2.22. The molecule has 0 fully saturated rings. The highest BCUT2D eigenvalue weighted by atomic mass is 35.5. The molecule has 0 saturated carbocycles. The highest BCUT2D eigenvalue weighted by molar-refractivity contribution is 7.89. The molecule has 1 aromatic heterocycles. The van der Waals surface area contributed by atoms with Gasteiger partial charge in [0.15, 0.2) is 5.13 Å². The second kappa shape index (κ2) is 12.6. The van der Waals surface area contributed by atoms with Crippen molar-refractivity contribution in [1.82, 2.24) is 14.2 Å². The first kappa shape index (κ1) is 29.2. The number of hydrogen-bond donors (Lipinski definition) is 0. The van der Waals surface area contributed by atoms with Crippen molar-refractivity contribution in [3.8, 4) is 0 Å². The monoisotopic (exact) mass is 584 g/mol. The molecule has 4 rings (SSSR count). The van der Waals surface area contributed by atoms with Gasteiger partial charge in [-0.15, -0.1) is 0 Å². The number of anilines is 1. The maximum Gasteiger partial charge on any atom is 0.260 e. The SMILES string of the molecule is CCN(Cc1ccccc1)S(=O)(=O)c1ccc(C(=O)N(CCCN(C)C)c2nc3c(C)cc(Cl)cc3s2)cc1. The molecule has 1 amide bonds. The summed E-state index contributed by atoms with van der Waals surface area (Å²) in [5.41, 5.74) is 3.09. The molecule has 3 aromatic carbocycles. The van der Waals surface area contributed by atoms with Crippen LogP contribution in [0.15, 0.2) is 71.6 Å². The van der Waals surface area contributed by atoms with Crippen molar-refractivity contribution in [2.75, 3.05) is 38.6 Å². The normalized spacial score (nSPS) is 12.0. The summed E-state index contributed by atoms with van der Waals surface area (Å²) in [5, 5.41) is 1.22. The van der Waals surface area contributed by atoms with E-state index < -0.39 is 10.0 Å². The summed E-state index contributed by atoms with van der Waals surface area (Å²) in [6.07, 6.45) is 0.756. The summed E-state index contributed by atoms with van der Waals surface area (Å²) < 4.78 is 29.1. The van der Waals surface area contributed by atoms with Crippen molar-refractivity contribution in [1.29, 1.82) is 0 Å². The zero-order valence-corrected chi connectivity index (χ0v) is 25.0. The van der Waals surface area contributed by atoms with E-state index in [1.807, 2.05) is 70.4 Å². The van der Waals surface area contributed by atoms with E-state index in [-0.39, 0.29) is 17.3 Å². The van der Waals surface area contributed by atoms with Crippen LogP contribution in [0.1, 0.15) is 34.8 Å². The van der Waals surface area contributed by atoms with Gasteiger partial charge < -0.3 is 4.90 Å². The third kappa shape index (κ3) is 6.85. The van der Waals surface area contributed by atoms with Gasteiger partial charge in [0.25, 0.3) is 5.91 Å². The van der Waals surface area contributed by atoms with Crippen molar-refractivity contribution in [3.05, 3.63) is 88.4 Å². The van der Waals surface area contributed by atoms with Gasteiger partial charge in [-0.1, -0.05) is 60.2 Å². The third-order valence-electron chi connectivity index (χ3n) is 6.40. The van der Waals surface area contributed by atoms with Crippen LogP contribution in [0.4, 0.5) is 5.13 Å². The van der Waals surface area contributed by atoms with E-state index in [1.54, 1.807) is 17.0 Å². The average Bonchev–Trinajstić information content (AvgIpc) is 3.34. The second-order valence-corrected chi connectivity index (χ2v) is 13.0. The first-order valence-corrected chi connectivity index (χ1v) is 15.4. The highest BCUT2D eigenvalue weighted by Crippen LogP contribution is 2.34. The van der Waals surface area contributed by atoms with Crippen LogP contribution in [0, 0.1) is 6.92 Å². The van der Waals surface area contributed by atoms with Crippen LogP contribution >= 0.6 is 22.9 Å². The summed E-state index contributed by atoms with van der Waals surface area (Å²) in [4.78, 5) is 22.4. The fraction of sp³-hybridized carbons (Fsp3) is 0.310. The highest BCUT2D eigenvalue weighted by Gasteiger charge is 2.26. The quantitative estimate of drug-likeness (QED) is 0.214. The third-order valence-corrected chi connectivity index (χ3v) is 9.57. The van der Waals surface area contributed by atoms with Gasteiger partial charge in [-0.25, -0.2) is 13.4 Å². The molecule has 206 valence electrons. The van der Waals surface area contributed by atoms with Crippen LogP contribution in [0.25, 0.3) is 10.2 Å². The molecule has 0 aliphatic heterocycles. The molecule has 0 N–H and O–H groups in total. The summed E-state index contributed by atoms with van der Waals surface area (Å²) in [7, 11) is 0.250. The fourth-order valence-electron chi connectivity index (χ4n) is 4.32. The van der Waals surface area contributed by atoms with Gasteiger partial charge in [-0.05, 0) is 81.5 Å². The number of thiazole rings is 1. The summed E-state index contributed by atoms with van der Waals surface area (Å²) >= 11 is 7.68. The van der Waals surface area contributed by atoms with Crippen molar-refractivity contribution in [3.63, 3.8) is 0 Å². The molecule has 0 atom stereocenters. The molecule has 0 radical (unpaired) electrons. The lowest BCUT2D eigenvalue weighted by molar-refractivity contribution is 0.0986. The van der Waals surface area contributed by atoms with E-state index in [0.29, 0.717) is 28.8 Å². The van der Waals surface area contributed by atoms with E-state index in [1.165, 1.54) is 27.8 Å². The molecule has 0 saturated heterocycles. The number of amides is 1. The average molecular weight is 585 g/mol. The first-order chi connectivity index (χ1) is 18.6. The van der Waals surface area contributed by atoms with E-state index in [4.69, 9.17) is 16.6 Å². The van der Waals surface area contributed by atoms with Crippen molar-refractivity contribution in [2.45, 2.75) is 31.7 Å². The first-order valence-electron chi connectivity index (χ1n) is 12.8. The molecule has 0 spiro atoms. The molecule has 0 unspecified atom stereocenters. The predicted octanol–water partition coefficient (Wildman–Crippen LogP) is 6.07. The zero-order chi connectivity index (χ0) is 28.2. The van der Waals surface area contributed by atoms with E-state index in [9.17, 15) is 13.2 Å². The van der Waals surface area contributed by atoms with Crippen LogP contribution in [-0.2, 0) is 16.6 Å². The lowest BCUT2D eigenvalue weighted by Crippen LogP contribution is -2.33. The molecule has 7 nitrogen and oxygen atoms in total.